The van der Waals surface area contributed by atoms with Gasteiger partial charge in [-0.1, -0.05) is 12.1 Å². The molecule has 0 saturated carbocycles. The second kappa shape index (κ2) is 7.08. The summed E-state index contributed by atoms with van der Waals surface area (Å²) in [5.74, 6) is -1.03. The molecule has 1 N–H and O–H groups in total. The molecule has 0 atom stereocenters. The van der Waals surface area contributed by atoms with Crippen LogP contribution in [0, 0.1) is 5.82 Å². The maximum Gasteiger partial charge on any atom is 0.335 e. The Balaban J connectivity index is 1.37. The first kappa shape index (κ1) is 17.0. The monoisotopic (exact) mass is 354 g/mol. The van der Waals surface area contributed by atoms with E-state index in [1.54, 1.807) is 24.3 Å². The number of piperidine rings is 1. The Morgan fingerprint density at radius 2 is 1.92 bits per heavy atom. The number of nitrogens with zero attached hydrogens (tertiary/aromatic N) is 2. The molecular formula is C21H23FN2O2. The molecule has 5 heteroatoms. The summed E-state index contributed by atoms with van der Waals surface area (Å²) in [4.78, 5) is 15.9. The quantitative estimate of drug-likeness (QED) is 0.912. The predicted molar refractivity (Wildman–Crippen MR) is 99.2 cm³/mol. The van der Waals surface area contributed by atoms with Gasteiger partial charge in [0.1, 0.15) is 5.82 Å². The Morgan fingerprint density at radius 1 is 1.12 bits per heavy atom. The van der Waals surface area contributed by atoms with Crippen molar-refractivity contribution in [3.63, 3.8) is 0 Å². The third kappa shape index (κ3) is 3.44. The van der Waals surface area contributed by atoms with E-state index in [9.17, 15) is 9.18 Å². The van der Waals surface area contributed by atoms with E-state index < -0.39 is 5.97 Å². The zero-order valence-corrected chi connectivity index (χ0v) is 14.7. The van der Waals surface area contributed by atoms with Gasteiger partial charge in [-0.3, -0.25) is 4.90 Å². The standard InChI is InChI=1S/C21H23FN2O2/c22-18-4-5-20-16(13-18)6-11-24(20)19-7-9-23(10-8-19)14-15-2-1-3-17(12-15)21(25)26/h1-5,12-13,19H,6-11,14H2,(H,25,26). The van der Waals surface area contributed by atoms with Gasteiger partial charge >= 0.3 is 5.97 Å². The van der Waals surface area contributed by atoms with Crippen LogP contribution in [-0.4, -0.2) is 41.7 Å². The van der Waals surface area contributed by atoms with Crippen molar-refractivity contribution in [1.29, 1.82) is 0 Å². The Morgan fingerprint density at radius 3 is 2.69 bits per heavy atom. The van der Waals surface area contributed by atoms with Crippen molar-refractivity contribution in [3.8, 4) is 0 Å². The summed E-state index contributed by atoms with van der Waals surface area (Å²) < 4.78 is 13.4. The SMILES string of the molecule is O=C(O)c1cccc(CN2CCC(N3CCc4cc(F)ccc43)CC2)c1. The lowest BCUT2D eigenvalue weighted by atomic mass is 10.0. The first-order valence-corrected chi connectivity index (χ1v) is 9.20. The van der Waals surface area contributed by atoms with Crippen molar-refractivity contribution in [3.05, 3.63) is 65.0 Å². The molecule has 2 aliphatic rings. The van der Waals surface area contributed by atoms with Gasteiger partial charge < -0.3 is 10.0 Å². The number of rotatable bonds is 4. The van der Waals surface area contributed by atoms with Crippen LogP contribution in [0.2, 0.25) is 0 Å². The lowest BCUT2D eigenvalue weighted by Gasteiger charge is -2.38. The number of carboxylic acid groups (broad SMARTS) is 1. The second-order valence-corrected chi connectivity index (χ2v) is 7.23. The molecule has 1 saturated heterocycles. The lowest BCUT2D eigenvalue weighted by Crippen LogP contribution is -2.44. The van der Waals surface area contributed by atoms with Gasteiger partial charge in [-0.05, 0) is 60.7 Å². The molecule has 0 aromatic heterocycles. The summed E-state index contributed by atoms with van der Waals surface area (Å²) in [5, 5.41) is 9.13. The first-order valence-electron chi connectivity index (χ1n) is 9.20. The van der Waals surface area contributed by atoms with E-state index in [-0.39, 0.29) is 5.82 Å². The zero-order valence-electron chi connectivity index (χ0n) is 14.7. The number of likely N-dealkylation sites (tertiary alicyclic amines) is 1. The van der Waals surface area contributed by atoms with Gasteiger partial charge in [-0.2, -0.15) is 0 Å². The van der Waals surface area contributed by atoms with Gasteiger partial charge in [0.15, 0.2) is 0 Å². The molecular weight excluding hydrogens is 331 g/mol. The number of hydrogen-bond donors (Lipinski definition) is 1. The molecule has 4 nitrogen and oxygen atoms in total. The van der Waals surface area contributed by atoms with Crippen LogP contribution < -0.4 is 4.90 Å². The summed E-state index contributed by atoms with van der Waals surface area (Å²) in [5.41, 5.74) is 3.71. The molecule has 2 aromatic carbocycles. The predicted octanol–water partition coefficient (Wildman–Crippen LogP) is 3.55. The molecule has 26 heavy (non-hydrogen) atoms. The van der Waals surface area contributed by atoms with E-state index in [1.807, 2.05) is 18.2 Å². The van der Waals surface area contributed by atoms with Crippen molar-refractivity contribution >= 4 is 11.7 Å². The Labute approximate surface area is 152 Å². The Hall–Kier alpha value is -2.40. The number of carbonyl (C=O) groups is 1. The highest BCUT2D eigenvalue weighted by Gasteiger charge is 2.29. The molecule has 2 aromatic rings. The average Bonchev–Trinajstić information content (AvgIpc) is 3.05. The largest absolute Gasteiger partial charge is 0.478 e. The summed E-state index contributed by atoms with van der Waals surface area (Å²) >= 11 is 0. The first-order chi connectivity index (χ1) is 12.6. The number of benzene rings is 2. The van der Waals surface area contributed by atoms with Crippen LogP contribution in [0.4, 0.5) is 10.1 Å². The topological polar surface area (TPSA) is 43.8 Å². The minimum Gasteiger partial charge on any atom is -0.478 e. The van der Waals surface area contributed by atoms with Crippen LogP contribution in [0.5, 0.6) is 0 Å². The van der Waals surface area contributed by atoms with Crippen molar-refractivity contribution < 1.29 is 14.3 Å². The fourth-order valence-corrected chi connectivity index (χ4v) is 4.23. The molecule has 1 fully saturated rings. The molecule has 0 unspecified atom stereocenters. The molecule has 4 rings (SSSR count). The van der Waals surface area contributed by atoms with Gasteiger partial charge in [-0.25, -0.2) is 9.18 Å². The van der Waals surface area contributed by atoms with Crippen LogP contribution >= 0.6 is 0 Å². The van der Waals surface area contributed by atoms with E-state index in [0.717, 1.165) is 56.6 Å². The van der Waals surface area contributed by atoms with Crippen LogP contribution in [0.1, 0.15) is 34.3 Å². The number of aromatic carboxylic acids is 1. The van der Waals surface area contributed by atoms with Crippen molar-refractivity contribution in [1.82, 2.24) is 4.90 Å². The highest BCUT2D eigenvalue weighted by atomic mass is 19.1. The second-order valence-electron chi connectivity index (χ2n) is 7.23. The van der Waals surface area contributed by atoms with Gasteiger partial charge in [-0.15, -0.1) is 0 Å². The maximum atomic E-state index is 13.4. The Kier molecular flexibility index (Phi) is 4.64. The van der Waals surface area contributed by atoms with Crippen LogP contribution in [0.25, 0.3) is 0 Å². The summed E-state index contributed by atoms with van der Waals surface area (Å²) in [7, 11) is 0. The molecule has 136 valence electrons. The fraction of sp³-hybridized carbons (Fsp3) is 0.381. The summed E-state index contributed by atoms with van der Waals surface area (Å²) in [6.45, 7) is 3.75. The lowest BCUT2D eigenvalue weighted by molar-refractivity contribution is 0.0696. The van der Waals surface area contributed by atoms with E-state index in [4.69, 9.17) is 5.11 Å². The molecule has 0 amide bonds. The molecule has 2 heterocycles. The van der Waals surface area contributed by atoms with Crippen LogP contribution in [0.3, 0.4) is 0 Å². The van der Waals surface area contributed by atoms with E-state index in [0.29, 0.717) is 11.6 Å². The molecule has 0 bridgehead atoms. The molecule has 0 aliphatic carbocycles. The Bertz CT molecular complexity index is 815. The molecule has 0 radical (unpaired) electrons. The van der Waals surface area contributed by atoms with Gasteiger partial charge in [0, 0.05) is 37.9 Å². The van der Waals surface area contributed by atoms with E-state index in [1.165, 1.54) is 5.69 Å². The average molecular weight is 354 g/mol. The third-order valence-electron chi connectivity index (χ3n) is 5.55. The number of hydrogen-bond acceptors (Lipinski definition) is 3. The highest BCUT2D eigenvalue weighted by Crippen LogP contribution is 2.33. The normalized spacial score (nSPS) is 18.1. The summed E-state index contributed by atoms with van der Waals surface area (Å²) in [6.07, 6.45) is 3.08. The van der Waals surface area contributed by atoms with Gasteiger partial charge in [0.05, 0.1) is 5.56 Å². The number of anilines is 1. The maximum absolute atomic E-state index is 13.4. The van der Waals surface area contributed by atoms with E-state index >= 15 is 0 Å². The van der Waals surface area contributed by atoms with Gasteiger partial charge in [0.2, 0.25) is 0 Å². The third-order valence-corrected chi connectivity index (χ3v) is 5.55. The number of halogens is 1. The van der Waals surface area contributed by atoms with Crippen molar-refractivity contribution in [2.24, 2.45) is 0 Å². The van der Waals surface area contributed by atoms with Gasteiger partial charge in [0.25, 0.3) is 0 Å². The van der Waals surface area contributed by atoms with Crippen LogP contribution in [0.15, 0.2) is 42.5 Å². The molecule has 0 spiro atoms. The minimum atomic E-state index is -0.880. The fourth-order valence-electron chi connectivity index (χ4n) is 4.23. The zero-order chi connectivity index (χ0) is 18.1. The molecule has 2 aliphatic heterocycles. The smallest absolute Gasteiger partial charge is 0.335 e. The summed E-state index contributed by atoms with van der Waals surface area (Å²) in [6, 6.07) is 12.8. The van der Waals surface area contributed by atoms with Crippen LogP contribution in [-0.2, 0) is 13.0 Å². The minimum absolute atomic E-state index is 0.149. The number of carboxylic acids is 1. The van der Waals surface area contributed by atoms with E-state index in [2.05, 4.69) is 9.80 Å². The van der Waals surface area contributed by atoms with Crippen molar-refractivity contribution in [2.75, 3.05) is 24.5 Å². The van der Waals surface area contributed by atoms with Crippen molar-refractivity contribution in [2.45, 2.75) is 31.8 Å². The highest BCUT2D eigenvalue weighted by molar-refractivity contribution is 5.87. The number of fused-ring (bicyclic) bond motifs is 1.